The summed E-state index contributed by atoms with van der Waals surface area (Å²) >= 11 is 0. The summed E-state index contributed by atoms with van der Waals surface area (Å²) in [4.78, 5) is 4.15. The smallest absolute Gasteiger partial charge is 0.213 e. The van der Waals surface area contributed by atoms with Gasteiger partial charge in [0.15, 0.2) is 11.5 Å². The molecule has 0 fully saturated rings. The van der Waals surface area contributed by atoms with Crippen molar-refractivity contribution in [1.29, 1.82) is 0 Å². The molecule has 1 N–H and O–H groups in total. The Morgan fingerprint density at radius 1 is 0.897 bits per heavy atom. The zero-order chi connectivity index (χ0) is 20.3. The number of hydrogen-bond acceptors (Lipinski definition) is 5. The Bertz CT molecular complexity index is 884. The third kappa shape index (κ3) is 6.22. The fourth-order valence-electron chi connectivity index (χ4n) is 2.98. The number of para-hydroxylation sites is 1. The Hall–Kier alpha value is -3.05. The second-order valence-corrected chi connectivity index (χ2v) is 6.71. The minimum Gasteiger partial charge on any atom is -0.493 e. The van der Waals surface area contributed by atoms with Crippen molar-refractivity contribution in [2.24, 2.45) is 0 Å². The SMILES string of the molecule is COc1cccc(CNCCCOc2ccccn2)c1OCc1ccccc1C. The van der Waals surface area contributed by atoms with E-state index < -0.39 is 0 Å². The van der Waals surface area contributed by atoms with Crippen molar-refractivity contribution in [2.45, 2.75) is 26.5 Å². The molecule has 0 aliphatic heterocycles. The number of aromatic nitrogens is 1. The topological polar surface area (TPSA) is 52.6 Å². The normalized spacial score (nSPS) is 10.6. The molecule has 5 heteroatoms. The Balaban J connectivity index is 1.51. The van der Waals surface area contributed by atoms with E-state index in [0.29, 0.717) is 25.6 Å². The molecule has 3 rings (SSSR count). The van der Waals surface area contributed by atoms with Crippen molar-refractivity contribution in [3.8, 4) is 17.4 Å². The summed E-state index contributed by atoms with van der Waals surface area (Å²) in [6, 6.07) is 19.9. The van der Waals surface area contributed by atoms with Crippen LogP contribution in [0.25, 0.3) is 0 Å². The van der Waals surface area contributed by atoms with Gasteiger partial charge in [-0.1, -0.05) is 42.5 Å². The molecule has 0 saturated carbocycles. The molecule has 29 heavy (non-hydrogen) atoms. The number of nitrogens with one attached hydrogen (secondary N) is 1. The molecule has 0 atom stereocenters. The van der Waals surface area contributed by atoms with Gasteiger partial charge in [0.1, 0.15) is 6.61 Å². The number of pyridine rings is 1. The third-order valence-electron chi connectivity index (χ3n) is 4.61. The van der Waals surface area contributed by atoms with E-state index in [2.05, 4.69) is 35.4 Å². The van der Waals surface area contributed by atoms with Gasteiger partial charge in [0.2, 0.25) is 5.88 Å². The Labute approximate surface area is 172 Å². The maximum atomic E-state index is 6.16. The summed E-state index contributed by atoms with van der Waals surface area (Å²) < 4.78 is 17.3. The van der Waals surface area contributed by atoms with Crippen molar-refractivity contribution in [1.82, 2.24) is 10.3 Å². The average molecular weight is 392 g/mol. The summed E-state index contributed by atoms with van der Waals surface area (Å²) in [5.74, 6) is 2.19. The van der Waals surface area contributed by atoms with Gasteiger partial charge in [0.05, 0.1) is 13.7 Å². The lowest BCUT2D eigenvalue weighted by Crippen LogP contribution is -2.18. The van der Waals surface area contributed by atoms with Gasteiger partial charge in [0.25, 0.3) is 0 Å². The van der Waals surface area contributed by atoms with Crippen LogP contribution in [0.1, 0.15) is 23.1 Å². The van der Waals surface area contributed by atoms with Crippen LogP contribution in [0.5, 0.6) is 17.4 Å². The molecular weight excluding hydrogens is 364 g/mol. The van der Waals surface area contributed by atoms with E-state index in [1.165, 1.54) is 11.1 Å². The molecule has 1 heterocycles. The second kappa shape index (κ2) is 11.1. The highest BCUT2D eigenvalue weighted by atomic mass is 16.5. The number of hydrogen-bond donors (Lipinski definition) is 1. The average Bonchev–Trinajstić information content (AvgIpc) is 2.76. The summed E-state index contributed by atoms with van der Waals surface area (Å²) in [5.41, 5.74) is 3.46. The molecular formula is C24H28N2O3. The van der Waals surface area contributed by atoms with E-state index in [1.54, 1.807) is 13.3 Å². The van der Waals surface area contributed by atoms with Gasteiger partial charge in [-0.15, -0.1) is 0 Å². The van der Waals surface area contributed by atoms with Crippen LogP contribution in [0.4, 0.5) is 0 Å². The molecule has 1 aromatic heterocycles. The first-order chi connectivity index (χ1) is 14.3. The van der Waals surface area contributed by atoms with Crippen LogP contribution in [0.3, 0.4) is 0 Å². The summed E-state index contributed by atoms with van der Waals surface area (Å²) in [6.45, 7) is 4.76. The van der Waals surface area contributed by atoms with E-state index in [4.69, 9.17) is 14.2 Å². The maximum absolute atomic E-state index is 6.16. The Morgan fingerprint density at radius 3 is 2.52 bits per heavy atom. The lowest BCUT2D eigenvalue weighted by Gasteiger charge is -2.16. The van der Waals surface area contributed by atoms with Crippen molar-refractivity contribution in [3.05, 3.63) is 83.6 Å². The van der Waals surface area contributed by atoms with Gasteiger partial charge >= 0.3 is 0 Å². The van der Waals surface area contributed by atoms with Crippen LogP contribution in [0, 0.1) is 6.92 Å². The van der Waals surface area contributed by atoms with Gasteiger partial charge in [0, 0.05) is 24.4 Å². The van der Waals surface area contributed by atoms with Gasteiger partial charge in [-0.05, 0) is 43.1 Å². The molecule has 5 nitrogen and oxygen atoms in total. The minimum absolute atomic E-state index is 0.512. The van der Waals surface area contributed by atoms with Crippen molar-refractivity contribution >= 4 is 0 Å². The third-order valence-corrected chi connectivity index (χ3v) is 4.61. The molecule has 2 aromatic carbocycles. The van der Waals surface area contributed by atoms with Crippen LogP contribution in [0.15, 0.2) is 66.9 Å². The van der Waals surface area contributed by atoms with Crippen LogP contribution >= 0.6 is 0 Å². The fraction of sp³-hybridized carbons (Fsp3) is 0.292. The molecule has 0 aliphatic carbocycles. The number of methoxy groups -OCH3 is 1. The first-order valence-electron chi connectivity index (χ1n) is 9.85. The number of aryl methyl sites for hydroxylation is 1. The fourth-order valence-corrected chi connectivity index (χ4v) is 2.98. The summed E-state index contributed by atoms with van der Waals surface area (Å²) in [6.07, 6.45) is 2.62. The summed E-state index contributed by atoms with van der Waals surface area (Å²) in [7, 11) is 1.67. The van der Waals surface area contributed by atoms with E-state index in [0.717, 1.165) is 30.0 Å². The van der Waals surface area contributed by atoms with Crippen LogP contribution < -0.4 is 19.5 Å². The standard InChI is InChI=1S/C24H28N2O3/c1-19-9-3-4-10-21(19)18-29-24-20(11-7-12-22(24)27-2)17-25-14-8-16-28-23-13-5-6-15-26-23/h3-7,9-13,15,25H,8,14,16-18H2,1-2H3. The maximum Gasteiger partial charge on any atom is 0.213 e. The largest absolute Gasteiger partial charge is 0.493 e. The van der Waals surface area contributed by atoms with E-state index >= 15 is 0 Å². The minimum atomic E-state index is 0.512. The molecule has 0 radical (unpaired) electrons. The Kier molecular flexibility index (Phi) is 7.90. The van der Waals surface area contributed by atoms with Crippen LogP contribution in [-0.2, 0) is 13.2 Å². The van der Waals surface area contributed by atoms with Crippen molar-refractivity contribution in [3.63, 3.8) is 0 Å². The molecule has 0 saturated heterocycles. The number of ether oxygens (including phenoxy) is 3. The molecule has 0 spiro atoms. The lowest BCUT2D eigenvalue weighted by molar-refractivity contribution is 0.279. The highest BCUT2D eigenvalue weighted by Crippen LogP contribution is 2.32. The number of benzene rings is 2. The predicted octanol–water partition coefficient (Wildman–Crippen LogP) is 4.54. The van der Waals surface area contributed by atoms with E-state index in [1.807, 2.05) is 42.5 Å². The molecule has 0 bridgehead atoms. The Morgan fingerprint density at radius 2 is 1.72 bits per heavy atom. The van der Waals surface area contributed by atoms with Gasteiger partial charge in [-0.25, -0.2) is 4.98 Å². The first-order valence-corrected chi connectivity index (χ1v) is 9.85. The highest BCUT2D eigenvalue weighted by Gasteiger charge is 2.11. The summed E-state index contributed by atoms with van der Waals surface area (Å²) in [5, 5.41) is 3.45. The van der Waals surface area contributed by atoms with Crippen molar-refractivity contribution in [2.75, 3.05) is 20.3 Å². The number of nitrogens with zero attached hydrogens (tertiary/aromatic N) is 1. The number of rotatable bonds is 11. The quantitative estimate of drug-likeness (QED) is 0.486. The monoisotopic (exact) mass is 392 g/mol. The molecule has 0 aliphatic rings. The molecule has 0 amide bonds. The van der Waals surface area contributed by atoms with E-state index in [9.17, 15) is 0 Å². The first kappa shape index (κ1) is 20.7. The lowest BCUT2D eigenvalue weighted by atomic mass is 10.1. The zero-order valence-corrected chi connectivity index (χ0v) is 17.1. The zero-order valence-electron chi connectivity index (χ0n) is 17.1. The van der Waals surface area contributed by atoms with E-state index in [-0.39, 0.29) is 0 Å². The second-order valence-electron chi connectivity index (χ2n) is 6.71. The molecule has 152 valence electrons. The van der Waals surface area contributed by atoms with Crippen LogP contribution in [0.2, 0.25) is 0 Å². The molecule has 0 unspecified atom stereocenters. The predicted molar refractivity (Wildman–Crippen MR) is 115 cm³/mol. The van der Waals surface area contributed by atoms with Crippen molar-refractivity contribution < 1.29 is 14.2 Å². The van der Waals surface area contributed by atoms with Crippen LogP contribution in [-0.4, -0.2) is 25.2 Å². The van der Waals surface area contributed by atoms with Gasteiger partial charge in [-0.2, -0.15) is 0 Å². The van der Waals surface area contributed by atoms with Gasteiger partial charge in [-0.3, -0.25) is 0 Å². The highest BCUT2D eigenvalue weighted by molar-refractivity contribution is 5.46. The molecule has 3 aromatic rings. The van der Waals surface area contributed by atoms with Gasteiger partial charge < -0.3 is 19.5 Å².